The number of carboxylic acids is 1. The van der Waals surface area contributed by atoms with Gasteiger partial charge in [0, 0.05) is 18.6 Å². The number of carbonyl (C=O) groups is 1. The third-order valence-corrected chi connectivity index (χ3v) is 1.95. The van der Waals surface area contributed by atoms with Crippen LogP contribution < -0.4 is 0 Å². The molecule has 1 heterocycles. The zero-order valence-corrected chi connectivity index (χ0v) is 9.37. The second-order valence-electron chi connectivity index (χ2n) is 3.89. The first-order valence-electron chi connectivity index (χ1n) is 5.11. The van der Waals surface area contributed by atoms with Crippen molar-refractivity contribution in [1.82, 2.24) is 9.97 Å². The van der Waals surface area contributed by atoms with E-state index in [0.29, 0.717) is 18.0 Å². The number of hydrogen-bond acceptors (Lipinski definition) is 4. The quantitative estimate of drug-likeness (QED) is 0.762. The van der Waals surface area contributed by atoms with E-state index in [1.807, 2.05) is 13.8 Å². The molecule has 0 aliphatic carbocycles. The molecule has 1 aromatic heterocycles. The molecule has 16 heavy (non-hydrogen) atoms. The molecule has 0 spiro atoms. The summed E-state index contributed by atoms with van der Waals surface area (Å²) in [5, 5.41) is 8.95. The Hall–Kier alpha value is -1.78. The third-order valence-electron chi connectivity index (χ3n) is 1.95. The fourth-order valence-electron chi connectivity index (χ4n) is 1.22. The van der Waals surface area contributed by atoms with E-state index in [2.05, 4.69) is 15.0 Å². The highest BCUT2D eigenvalue weighted by Crippen LogP contribution is 2.08. The molecule has 0 saturated heterocycles. The molecule has 0 aliphatic rings. The van der Waals surface area contributed by atoms with Crippen LogP contribution in [-0.2, 0) is 4.79 Å². The van der Waals surface area contributed by atoms with Crippen molar-refractivity contribution in [2.45, 2.75) is 26.3 Å². The Morgan fingerprint density at radius 1 is 1.56 bits per heavy atom. The van der Waals surface area contributed by atoms with Gasteiger partial charge in [0.15, 0.2) is 0 Å². The van der Waals surface area contributed by atoms with Gasteiger partial charge in [-0.1, -0.05) is 13.8 Å². The smallest absolute Gasteiger partial charge is 0.328 e. The molecule has 5 heteroatoms. The summed E-state index contributed by atoms with van der Waals surface area (Å²) in [5.41, 5.74) is 0.567. The summed E-state index contributed by atoms with van der Waals surface area (Å²) >= 11 is 0. The van der Waals surface area contributed by atoms with E-state index < -0.39 is 12.0 Å². The van der Waals surface area contributed by atoms with Crippen LogP contribution in [0.1, 0.15) is 26.0 Å². The molecule has 0 fully saturated rings. The van der Waals surface area contributed by atoms with Gasteiger partial charge in [0.2, 0.25) is 0 Å². The van der Waals surface area contributed by atoms with Crippen molar-refractivity contribution in [2.75, 3.05) is 0 Å². The van der Waals surface area contributed by atoms with Crippen LogP contribution >= 0.6 is 0 Å². The first kappa shape index (κ1) is 12.3. The molecule has 0 aliphatic heterocycles. The van der Waals surface area contributed by atoms with Crippen molar-refractivity contribution < 1.29 is 9.90 Å². The summed E-state index contributed by atoms with van der Waals surface area (Å²) in [6, 6.07) is -0.706. The maximum Gasteiger partial charge on any atom is 0.328 e. The van der Waals surface area contributed by atoms with E-state index in [0.717, 1.165) is 0 Å². The molecule has 0 amide bonds. The topological polar surface area (TPSA) is 75.4 Å². The molecule has 1 N–H and O–H groups in total. The van der Waals surface area contributed by atoms with E-state index in [1.54, 1.807) is 12.4 Å². The van der Waals surface area contributed by atoms with Crippen LogP contribution in [-0.4, -0.2) is 33.3 Å². The predicted octanol–water partition coefficient (Wildman–Crippen LogP) is 1.39. The first-order valence-corrected chi connectivity index (χ1v) is 5.11. The summed E-state index contributed by atoms with van der Waals surface area (Å²) in [6.45, 7) is 3.93. The number of hydrogen-bond donors (Lipinski definition) is 1. The lowest BCUT2D eigenvalue weighted by molar-refractivity contribution is -0.138. The summed E-state index contributed by atoms with van der Waals surface area (Å²) in [4.78, 5) is 22.8. The van der Waals surface area contributed by atoms with Gasteiger partial charge in [-0.05, 0) is 12.3 Å². The lowest BCUT2D eigenvalue weighted by Crippen LogP contribution is -2.20. The van der Waals surface area contributed by atoms with Crippen molar-refractivity contribution in [2.24, 2.45) is 10.9 Å². The minimum atomic E-state index is -0.908. The van der Waals surface area contributed by atoms with E-state index in [4.69, 9.17) is 5.11 Å². The zero-order chi connectivity index (χ0) is 12.0. The number of nitrogens with zero attached hydrogens (tertiary/aromatic N) is 3. The van der Waals surface area contributed by atoms with Crippen LogP contribution in [0.25, 0.3) is 0 Å². The molecular formula is C11H15N3O2. The van der Waals surface area contributed by atoms with Gasteiger partial charge >= 0.3 is 5.97 Å². The molecule has 0 aromatic carbocycles. The summed E-state index contributed by atoms with van der Waals surface area (Å²) < 4.78 is 0. The molecule has 1 unspecified atom stereocenters. The fraction of sp³-hybridized carbons (Fsp3) is 0.455. The highest BCUT2D eigenvalue weighted by Gasteiger charge is 2.16. The average molecular weight is 221 g/mol. The molecule has 0 bridgehead atoms. The SMILES string of the molecule is CC(C)CC(N=Cc1cnccn1)C(=O)O. The number of aliphatic carboxylic acids is 1. The van der Waals surface area contributed by atoms with Crippen LogP contribution in [0.15, 0.2) is 23.6 Å². The van der Waals surface area contributed by atoms with Crippen molar-refractivity contribution in [1.29, 1.82) is 0 Å². The summed E-state index contributed by atoms with van der Waals surface area (Å²) in [7, 11) is 0. The van der Waals surface area contributed by atoms with Crippen LogP contribution in [0, 0.1) is 5.92 Å². The Labute approximate surface area is 94.3 Å². The minimum Gasteiger partial charge on any atom is -0.480 e. The van der Waals surface area contributed by atoms with Gasteiger partial charge in [-0.15, -0.1) is 0 Å². The fourth-order valence-corrected chi connectivity index (χ4v) is 1.22. The van der Waals surface area contributed by atoms with Crippen LogP contribution in [0.5, 0.6) is 0 Å². The normalized spacial score (nSPS) is 13.2. The number of aliphatic imine (C=N–C) groups is 1. The number of carboxylic acid groups (broad SMARTS) is 1. The van der Waals surface area contributed by atoms with Crippen LogP contribution in [0.4, 0.5) is 0 Å². The minimum absolute atomic E-state index is 0.292. The summed E-state index contributed by atoms with van der Waals surface area (Å²) in [5.74, 6) is -0.617. The van der Waals surface area contributed by atoms with Crippen LogP contribution in [0.2, 0.25) is 0 Å². The van der Waals surface area contributed by atoms with Gasteiger partial charge < -0.3 is 5.11 Å². The molecule has 0 saturated carbocycles. The molecule has 0 radical (unpaired) electrons. The van der Waals surface area contributed by atoms with E-state index in [-0.39, 0.29) is 0 Å². The van der Waals surface area contributed by atoms with Gasteiger partial charge in [0.25, 0.3) is 0 Å². The maximum atomic E-state index is 10.9. The number of aromatic nitrogens is 2. The molecule has 1 rings (SSSR count). The Balaban J connectivity index is 2.68. The Morgan fingerprint density at radius 2 is 2.31 bits per heavy atom. The van der Waals surface area contributed by atoms with Gasteiger partial charge in [0.1, 0.15) is 6.04 Å². The second kappa shape index (κ2) is 5.95. The van der Waals surface area contributed by atoms with Gasteiger partial charge in [0.05, 0.1) is 11.9 Å². The Morgan fingerprint density at radius 3 is 2.81 bits per heavy atom. The average Bonchev–Trinajstić information content (AvgIpc) is 2.25. The summed E-state index contributed by atoms with van der Waals surface area (Å²) in [6.07, 6.45) is 6.61. The molecular weight excluding hydrogens is 206 g/mol. The van der Waals surface area contributed by atoms with E-state index in [9.17, 15) is 4.79 Å². The Kier molecular flexibility index (Phi) is 4.57. The molecule has 86 valence electrons. The van der Waals surface area contributed by atoms with Gasteiger partial charge in [-0.25, -0.2) is 4.79 Å². The number of rotatable bonds is 5. The largest absolute Gasteiger partial charge is 0.480 e. The highest BCUT2D eigenvalue weighted by molar-refractivity contribution is 5.81. The van der Waals surface area contributed by atoms with Crippen molar-refractivity contribution in [3.63, 3.8) is 0 Å². The highest BCUT2D eigenvalue weighted by atomic mass is 16.4. The first-order chi connectivity index (χ1) is 7.59. The Bertz CT molecular complexity index is 363. The molecule has 5 nitrogen and oxygen atoms in total. The van der Waals surface area contributed by atoms with E-state index in [1.165, 1.54) is 12.4 Å². The second-order valence-corrected chi connectivity index (χ2v) is 3.89. The monoisotopic (exact) mass is 221 g/mol. The van der Waals surface area contributed by atoms with E-state index >= 15 is 0 Å². The van der Waals surface area contributed by atoms with Gasteiger partial charge in [-0.2, -0.15) is 0 Å². The third kappa shape index (κ3) is 4.16. The van der Waals surface area contributed by atoms with Crippen LogP contribution in [0.3, 0.4) is 0 Å². The maximum absolute atomic E-state index is 10.9. The lowest BCUT2D eigenvalue weighted by atomic mass is 10.0. The predicted molar refractivity (Wildman–Crippen MR) is 60.5 cm³/mol. The molecule has 1 atom stereocenters. The zero-order valence-electron chi connectivity index (χ0n) is 9.37. The van der Waals surface area contributed by atoms with Gasteiger partial charge in [-0.3, -0.25) is 15.0 Å². The standard InChI is InChI=1S/C11H15N3O2/c1-8(2)5-10(11(15)16)14-7-9-6-12-3-4-13-9/h3-4,6-8,10H,5H2,1-2H3,(H,15,16). The molecule has 1 aromatic rings. The lowest BCUT2D eigenvalue weighted by Gasteiger charge is -2.09. The van der Waals surface area contributed by atoms with Crippen molar-refractivity contribution in [3.8, 4) is 0 Å². The van der Waals surface area contributed by atoms with Crippen molar-refractivity contribution in [3.05, 3.63) is 24.3 Å². The van der Waals surface area contributed by atoms with Crippen molar-refractivity contribution >= 4 is 12.2 Å².